The minimum Gasteiger partial charge on any atom is -0.342 e. The third-order valence-electron chi connectivity index (χ3n) is 4.46. The van der Waals surface area contributed by atoms with Gasteiger partial charge in [-0.05, 0) is 32.3 Å². The van der Waals surface area contributed by atoms with E-state index in [1.807, 2.05) is 31.7 Å². The molecule has 1 amide bonds. The zero-order valence-electron chi connectivity index (χ0n) is 11.1. The number of likely N-dealkylation sites (tertiary alicyclic amines) is 1. The molecule has 1 aliphatic carbocycles. The number of ketones is 1. The summed E-state index contributed by atoms with van der Waals surface area (Å²) in [7, 11) is 0. The number of hydrogen-bond acceptors (Lipinski definition) is 3. The molecule has 96 valence electrons. The smallest absolute Gasteiger partial charge is 0.232 e. The number of amides is 1. The first kappa shape index (κ1) is 12.8. The SMILES string of the molecule is CCN1CC[C@@H]2[C@@H](C)C(=O)C(C#N)=C[C@@]2(C)C1=O. The summed E-state index contributed by atoms with van der Waals surface area (Å²) in [6.45, 7) is 7.04. The quantitative estimate of drug-likeness (QED) is 0.705. The van der Waals surface area contributed by atoms with Crippen molar-refractivity contribution in [1.29, 1.82) is 5.26 Å². The third-order valence-corrected chi connectivity index (χ3v) is 4.46. The van der Waals surface area contributed by atoms with E-state index in [2.05, 4.69) is 0 Å². The second-order valence-corrected chi connectivity index (χ2v) is 5.39. The number of rotatable bonds is 1. The molecule has 4 nitrogen and oxygen atoms in total. The van der Waals surface area contributed by atoms with Crippen molar-refractivity contribution in [1.82, 2.24) is 4.90 Å². The Morgan fingerprint density at radius 2 is 2.22 bits per heavy atom. The fourth-order valence-electron chi connectivity index (χ4n) is 3.32. The number of carbonyl (C=O) groups is 2. The molecule has 0 aromatic rings. The van der Waals surface area contributed by atoms with Gasteiger partial charge in [0.2, 0.25) is 5.91 Å². The number of hydrogen-bond donors (Lipinski definition) is 0. The monoisotopic (exact) mass is 246 g/mol. The van der Waals surface area contributed by atoms with Gasteiger partial charge in [0.05, 0.1) is 11.0 Å². The first-order valence-electron chi connectivity index (χ1n) is 6.42. The van der Waals surface area contributed by atoms with Crippen molar-refractivity contribution in [2.75, 3.05) is 13.1 Å². The summed E-state index contributed by atoms with van der Waals surface area (Å²) >= 11 is 0. The van der Waals surface area contributed by atoms with Crippen LogP contribution in [0.4, 0.5) is 0 Å². The fraction of sp³-hybridized carbons (Fsp3) is 0.643. The van der Waals surface area contributed by atoms with E-state index in [0.717, 1.165) is 6.42 Å². The van der Waals surface area contributed by atoms with Crippen LogP contribution in [0.1, 0.15) is 27.2 Å². The average Bonchev–Trinajstić information content (AvgIpc) is 2.36. The summed E-state index contributed by atoms with van der Waals surface area (Å²) in [6.07, 6.45) is 2.43. The van der Waals surface area contributed by atoms with Gasteiger partial charge < -0.3 is 4.90 Å². The van der Waals surface area contributed by atoms with E-state index in [-0.39, 0.29) is 29.1 Å². The van der Waals surface area contributed by atoms with Crippen LogP contribution in [0.25, 0.3) is 0 Å². The average molecular weight is 246 g/mol. The predicted octanol–water partition coefficient (Wildman–Crippen LogP) is 1.53. The second-order valence-electron chi connectivity index (χ2n) is 5.39. The molecular formula is C14H18N2O2. The molecule has 2 rings (SSSR count). The van der Waals surface area contributed by atoms with E-state index >= 15 is 0 Å². The van der Waals surface area contributed by atoms with Gasteiger partial charge in [0.25, 0.3) is 0 Å². The predicted molar refractivity (Wildman–Crippen MR) is 66.3 cm³/mol. The van der Waals surface area contributed by atoms with Gasteiger partial charge in [0.15, 0.2) is 5.78 Å². The summed E-state index contributed by atoms with van der Waals surface area (Å²) in [5.41, 5.74) is -0.542. The van der Waals surface area contributed by atoms with Crippen LogP contribution in [-0.4, -0.2) is 29.7 Å². The molecule has 1 heterocycles. The van der Waals surface area contributed by atoms with Crippen LogP contribution in [0.15, 0.2) is 11.6 Å². The van der Waals surface area contributed by atoms with E-state index in [0.29, 0.717) is 13.1 Å². The van der Waals surface area contributed by atoms with Gasteiger partial charge in [0, 0.05) is 19.0 Å². The Kier molecular flexibility index (Phi) is 3.02. The van der Waals surface area contributed by atoms with Crippen LogP contribution in [0.3, 0.4) is 0 Å². The Balaban J connectivity index is 2.50. The van der Waals surface area contributed by atoms with Crippen molar-refractivity contribution >= 4 is 11.7 Å². The summed E-state index contributed by atoms with van der Waals surface area (Å²) in [6, 6.07) is 1.94. The van der Waals surface area contributed by atoms with Crippen molar-refractivity contribution in [3.63, 3.8) is 0 Å². The second kappa shape index (κ2) is 4.24. The van der Waals surface area contributed by atoms with Crippen LogP contribution < -0.4 is 0 Å². The lowest BCUT2D eigenvalue weighted by atomic mass is 9.61. The minimum atomic E-state index is -0.688. The number of nitriles is 1. The Labute approximate surface area is 107 Å². The van der Waals surface area contributed by atoms with Gasteiger partial charge in [-0.25, -0.2) is 0 Å². The lowest BCUT2D eigenvalue weighted by molar-refractivity contribution is -0.149. The highest BCUT2D eigenvalue weighted by molar-refractivity contribution is 6.04. The van der Waals surface area contributed by atoms with E-state index in [9.17, 15) is 9.59 Å². The highest BCUT2D eigenvalue weighted by atomic mass is 16.2. The first-order valence-corrected chi connectivity index (χ1v) is 6.42. The largest absolute Gasteiger partial charge is 0.342 e. The topological polar surface area (TPSA) is 61.2 Å². The summed E-state index contributed by atoms with van der Waals surface area (Å²) in [5, 5.41) is 9.03. The van der Waals surface area contributed by atoms with Crippen LogP contribution in [0.5, 0.6) is 0 Å². The van der Waals surface area contributed by atoms with Crippen LogP contribution in [0, 0.1) is 28.6 Å². The zero-order valence-corrected chi connectivity index (χ0v) is 11.1. The standard InChI is InChI=1S/C14H18N2O2/c1-4-16-6-5-11-9(2)12(17)10(8-15)7-14(11,3)13(16)18/h7,9,11H,4-6H2,1-3H3/t9-,11-,14-/m1/s1. The zero-order chi connectivity index (χ0) is 13.5. The van der Waals surface area contributed by atoms with E-state index in [1.54, 1.807) is 6.08 Å². The van der Waals surface area contributed by atoms with E-state index in [4.69, 9.17) is 5.26 Å². The Hall–Kier alpha value is -1.63. The van der Waals surface area contributed by atoms with Gasteiger partial charge in [-0.15, -0.1) is 0 Å². The van der Waals surface area contributed by atoms with Crippen molar-refractivity contribution in [3.05, 3.63) is 11.6 Å². The maximum atomic E-state index is 12.5. The molecule has 2 aliphatic rings. The van der Waals surface area contributed by atoms with Crippen LogP contribution >= 0.6 is 0 Å². The molecule has 0 saturated carbocycles. The Morgan fingerprint density at radius 3 is 2.78 bits per heavy atom. The molecule has 4 heteroatoms. The maximum absolute atomic E-state index is 12.5. The van der Waals surface area contributed by atoms with Crippen LogP contribution in [0.2, 0.25) is 0 Å². The third kappa shape index (κ3) is 1.58. The fourth-order valence-corrected chi connectivity index (χ4v) is 3.32. The highest BCUT2D eigenvalue weighted by Gasteiger charge is 2.52. The van der Waals surface area contributed by atoms with Gasteiger partial charge in [-0.1, -0.05) is 6.92 Å². The van der Waals surface area contributed by atoms with Crippen molar-refractivity contribution in [3.8, 4) is 6.07 Å². The van der Waals surface area contributed by atoms with E-state index in [1.165, 1.54) is 0 Å². The molecule has 1 aliphatic heterocycles. The number of Topliss-reactive ketones (excluding diaryl/α,β-unsaturated/α-hetero) is 1. The molecule has 0 bridgehead atoms. The van der Waals surface area contributed by atoms with Gasteiger partial charge in [0.1, 0.15) is 6.07 Å². The van der Waals surface area contributed by atoms with Crippen molar-refractivity contribution < 1.29 is 9.59 Å². The molecule has 0 spiro atoms. The summed E-state index contributed by atoms with van der Waals surface area (Å²) in [4.78, 5) is 26.3. The molecule has 1 saturated heterocycles. The number of allylic oxidation sites excluding steroid dienone is 1. The Bertz CT molecular complexity index is 475. The first-order chi connectivity index (χ1) is 8.45. The number of nitrogens with zero attached hydrogens (tertiary/aromatic N) is 2. The molecule has 1 fully saturated rings. The lowest BCUT2D eigenvalue weighted by Crippen LogP contribution is -2.55. The molecule has 3 atom stereocenters. The lowest BCUT2D eigenvalue weighted by Gasteiger charge is -2.47. The van der Waals surface area contributed by atoms with Gasteiger partial charge in [-0.3, -0.25) is 9.59 Å². The summed E-state index contributed by atoms with van der Waals surface area (Å²) in [5.74, 6) is -0.277. The summed E-state index contributed by atoms with van der Waals surface area (Å²) < 4.78 is 0. The Morgan fingerprint density at radius 1 is 1.56 bits per heavy atom. The van der Waals surface area contributed by atoms with Crippen molar-refractivity contribution in [2.24, 2.45) is 17.3 Å². The molecule has 0 aromatic carbocycles. The molecule has 0 N–H and O–H groups in total. The minimum absolute atomic E-state index is 0.0254. The maximum Gasteiger partial charge on any atom is 0.232 e. The molecule has 0 unspecified atom stereocenters. The number of piperidine rings is 1. The normalized spacial score (nSPS) is 35.9. The van der Waals surface area contributed by atoms with Crippen molar-refractivity contribution in [2.45, 2.75) is 27.2 Å². The van der Waals surface area contributed by atoms with Gasteiger partial charge in [-0.2, -0.15) is 5.26 Å². The number of fused-ring (bicyclic) bond motifs is 1. The van der Waals surface area contributed by atoms with Crippen LogP contribution in [-0.2, 0) is 9.59 Å². The number of carbonyl (C=O) groups excluding carboxylic acids is 2. The molecule has 0 radical (unpaired) electrons. The highest BCUT2D eigenvalue weighted by Crippen LogP contribution is 2.46. The molecule has 0 aromatic heterocycles. The molecule has 18 heavy (non-hydrogen) atoms. The van der Waals surface area contributed by atoms with E-state index < -0.39 is 5.41 Å². The molecular weight excluding hydrogens is 228 g/mol. The van der Waals surface area contributed by atoms with Gasteiger partial charge >= 0.3 is 0 Å².